The number of hydrogen-bond donors (Lipinski definition) is 1. The SMILES string of the molecule is [B][C@@H]1O[C@@]2(CO)C[CH-]C[C@H]1C2OC.[W].[W].[W].[W]. The third-order valence-electron chi connectivity index (χ3n) is 3.15. The molecule has 0 aromatic heterocycles. The number of aliphatic hydroxyl groups is 1. The van der Waals surface area contributed by atoms with Gasteiger partial charge in [0, 0.05) is 97.4 Å². The quantitative estimate of drug-likeness (QED) is 0.311. The van der Waals surface area contributed by atoms with Crippen LogP contribution in [0.25, 0.3) is 0 Å². The Morgan fingerprint density at radius 3 is 2.41 bits per heavy atom. The van der Waals surface area contributed by atoms with Crippen molar-refractivity contribution in [3.8, 4) is 0 Å². The molecule has 1 aliphatic heterocycles. The molecule has 1 saturated heterocycles. The van der Waals surface area contributed by atoms with Crippen molar-refractivity contribution in [2.45, 2.75) is 30.5 Å². The van der Waals surface area contributed by atoms with E-state index in [1.54, 1.807) is 7.11 Å². The Hall–Kier alpha value is 2.70. The zero-order valence-corrected chi connectivity index (χ0v) is 21.1. The Balaban J connectivity index is -0.000000490. The van der Waals surface area contributed by atoms with Crippen LogP contribution in [-0.2, 0) is 93.7 Å². The maximum atomic E-state index is 9.31. The molecule has 2 bridgehead atoms. The first-order chi connectivity index (χ1) is 6.23. The first-order valence-electron chi connectivity index (χ1n) is 4.62. The van der Waals surface area contributed by atoms with E-state index in [2.05, 4.69) is 6.42 Å². The predicted octanol–water partition coefficient (Wildman–Crippen LogP) is -0.138. The maximum absolute atomic E-state index is 9.31. The molecule has 8 heteroatoms. The van der Waals surface area contributed by atoms with Gasteiger partial charge in [-0.25, -0.2) is 0 Å². The van der Waals surface area contributed by atoms with Crippen molar-refractivity contribution in [1.29, 1.82) is 0 Å². The summed E-state index contributed by atoms with van der Waals surface area (Å²) in [5, 5.41) is 9.31. The van der Waals surface area contributed by atoms with E-state index in [9.17, 15) is 5.11 Å². The fourth-order valence-electron chi connectivity index (χ4n) is 2.51. The van der Waals surface area contributed by atoms with Crippen LogP contribution in [0.1, 0.15) is 12.8 Å². The number of rotatable bonds is 2. The number of methoxy groups -OCH3 is 1. The van der Waals surface area contributed by atoms with Crippen LogP contribution >= 0.6 is 0 Å². The van der Waals surface area contributed by atoms with Gasteiger partial charge < -0.3 is 21.0 Å². The molecule has 2 rings (SSSR count). The average molecular weight is 916 g/mol. The normalized spacial score (nSPS) is 37.9. The molecule has 1 saturated carbocycles. The summed E-state index contributed by atoms with van der Waals surface area (Å²) in [6.07, 6.45) is 3.72. The summed E-state index contributed by atoms with van der Waals surface area (Å²) in [7, 11) is 7.46. The topological polar surface area (TPSA) is 38.7 Å². The van der Waals surface area contributed by atoms with Gasteiger partial charge in [0.1, 0.15) is 7.85 Å². The summed E-state index contributed by atoms with van der Waals surface area (Å²) in [6, 6.07) is -0.296. The molecule has 2 aliphatic rings. The van der Waals surface area contributed by atoms with Gasteiger partial charge in [0.15, 0.2) is 0 Å². The molecule has 2 radical (unpaired) electrons. The standard InChI is InChI=1S/C9H14BO3.4W/c1-12-7-6-3-2-4-9(7,5-11)13-8(6)10;;;;/h2,6-8,11H,3-5H2,1H3;;;;/q-1;;;;/t6-,7?,8+,9+;;;;/m0..../s1. The van der Waals surface area contributed by atoms with Crippen LogP contribution in [0.4, 0.5) is 0 Å². The van der Waals surface area contributed by atoms with Crippen molar-refractivity contribution >= 4 is 7.85 Å². The minimum absolute atomic E-state index is 0. The van der Waals surface area contributed by atoms with E-state index in [0.717, 1.165) is 12.8 Å². The summed E-state index contributed by atoms with van der Waals surface area (Å²) >= 11 is 0. The van der Waals surface area contributed by atoms with E-state index in [-0.39, 0.29) is 109 Å². The second kappa shape index (κ2) is 10.4. The molecule has 3 nitrogen and oxygen atoms in total. The van der Waals surface area contributed by atoms with E-state index < -0.39 is 5.60 Å². The molecule has 2 fully saturated rings. The van der Waals surface area contributed by atoms with Gasteiger partial charge in [0.05, 0.1) is 18.3 Å². The molecule has 17 heavy (non-hydrogen) atoms. The summed E-state index contributed by atoms with van der Waals surface area (Å²) in [4.78, 5) is 0. The van der Waals surface area contributed by atoms with Crippen LogP contribution in [0.3, 0.4) is 0 Å². The minimum Gasteiger partial charge on any atom is -0.393 e. The summed E-state index contributed by atoms with van der Waals surface area (Å²) in [5.41, 5.74) is -0.572. The van der Waals surface area contributed by atoms with Crippen LogP contribution in [0.5, 0.6) is 0 Å². The number of ether oxygens (including phenoxy) is 2. The first-order valence-corrected chi connectivity index (χ1v) is 4.62. The van der Waals surface area contributed by atoms with Crippen molar-refractivity contribution in [2.75, 3.05) is 13.7 Å². The molecular weight excluding hydrogens is 902 g/mol. The number of hydrogen-bond acceptors (Lipinski definition) is 3. The molecule has 1 aliphatic carbocycles. The van der Waals surface area contributed by atoms with E-state index in [4.69, 9.17) is 17.3 Å². The van der Waals surface area contributed by atoms with E-state index in [1.165, 1.54) is 0 Å². The Morgan fingerprint density at radius 1 is 1.41 bits per heavy atom. The number of aliphatic hydroxyl groups excluding tert-OH is 1. The van der Waals surface area contributed by atoms with Crippen molar-refractivity contribution in [3.05, 3.63) is 6.42 Å². The van der Waals surface area contributed by atoms with Crippen LogP contribution in [0, 0.1) is 12.3 Å². The summed E-state index contributed by atoms with van der Waals surface area (Å²) in [6.45, 7) is -0.0216. The minimum atomic E-state index is -0.572. The zero-order valence-electron chi connectivity index (χ0n) is 9.40. The first kappa shape index (κ1) is 24.7. The van der Waals surface area contributed by atoms with Crippen molar-refractivity contribution < 1.29 is 98.8 Å². The molecular formula is C9H14BO3W4-. The molecule has 0 amide bonds. The number of fused-ring (bicyclic) bond motifs is 2. The van der Waals surface area contributed by atoms with Gasteiger partial charge in [-0.1, -0.05) is 0 Å². The Bertz CT molecular complexity index is 213. The fraction of sp³-hybridized carbons (Fsp3) is 0.889. The Morgan fingerprint density at radius 2 is 2.00 bits per heavy atom. The van der Waals surface area contributed by atoms with Gasteiger partial charge in [-0.2, -0.15) is 6.42 Å². The van der Waals surface area contributed by atoms with Gasteiger partial charge in [0.25, 0.3) is 0 Å². The Labute approximate surface area is 161 Å². The van der Waals surface area contributed by atoms with Gasteiger partial charge in [-0.15, -0.1) is 6.42 Å². The molecule has 0 spiro atoms. The van der Waals surface area contributed by atoms with E-state index in [0.29, 0.717) is 0 Å². The monoisotopic (exact) mass is 917 g/mol. The van der Waals surface area contributed by atoms with Crippen molar-refractivity contribution in [1.82, 2.24) is 0 Å². The van der Waals surface area contributed by atoms with Gasteiger partial charge in [0.2, 0.25) is 0 Å². The molecule has 96 valence electrons. The maximum Gasteiger partial charge on any atom is 0.109 e. The zero-order chi connectivity index (χ0) is 9.47. The van der Waals surface area contributed by atoms with Crippen LogP contribution in [-0.4, -0.2) is 44.4 Å². The van der Waals surface area contributed by atoms with Gasteiger partial charge in [-0.05, 0) is 5.92 Å². The average Bonchev–Trinajstić information content (AvgIpc) is 2.30. The molecule has 1 unspecified atom stereocenters. The summed E-state index contributed by atoms with van der Waals surface area (Å²) in [5.74, 6) is 0.200. The van der Waals surface area contributed by atoms with Crippen LogP contribution in [0.15, 0.2) is 0 Å². The summed E-state index contributed by atoms with van der Waals surface area (Å²) < 4.78 is 11.0. The second-order valence-corrected chi connectivity index (χ2v) is 3.85. The molecule has 1 heterocycles. The molecule has 0 aromatic carbocycles. The van der Waals surface area contributed by atoms with Crippen molar-refractivity contribution in [3.63, 3.8) is 0 Å². The van der Waals surface area contributed by atoms with Crippen molar-refractivity contribution in [2.24, 2.45) is 5.92 Å². The van der Waals surface area contributed by atoms with Gasteiger partial charge >= 0.3 is 0 Å². The van der Waals surface area contributed by atoms with Crippen LogP contribution in [0.2, 0.25) is 0 Å². The molecule has 1 N–H and O–H groups in total. The third kappa shape index (κ3) is 4.59. The molecule has 4 atom stereocenters. The third-order valence-corrected chi connectivity index (χ3v) is 3.15. The van der Waals surface area contributed by atoms with Gasteiger partial charge in [-0.3, -0.25) is 0 Å². The smallest absolute Gasteiger partial charge is 0.109 e. The Kier molecular flexibility index (Phi) is 15.2. The van der Waals surface area contributed by atoms with E-state index >= 15 is 0 Å². The predicted molar refractivity (Wildman–Crippen MR) is 48.3 cm³/mol. The second-order valence-electron chi connectivity index (χ2n) is 3.85. The fourth-order valence-corrected chi connectivity index (χ4v) is 2.51. The van der Waals surface area contributed by atoms with E-state index in [1.807, 2.05) is 0 Å². The largest absolute Gasteiger partial charge is 0.393 e. The van der Waals surface area contributed by atoms with Crippen LogP contribution < -0.4 is 0 Å². The molecule has 0 aromatic rings.